The number of aryl methyl sites for hydroxylation is 1. The van der Waals surface area contributed by atoms with E-state index in [0.29, 0.717) is 6.54 Å². The Morgan fingerprint density at radius 3 is 2.60 bits per heavy atom. The van der Waals surface area contributed by atoms with Crippen molar-refractivity contribution in [1.29, 1.82) is 0 Å². The van der Waals surface area contributed by atoms with Gasteiger partial charge < -0.3 is 16.0 Å². The zero-order valence-corrected chi connectivity index (χ0v) is 9.37. The molecule has 82 valence electrons. The minimum absolute atomic E-state index is 0.126. The summed E-state index contributed by atoms with van der Waals surface area (Å²) in [6.45, 7) is 2.47. The average Bonchev–Trinajstić information content (AvgIpc) is 2.20. The van der Waals surface area contributed by atoms with Crippen molar-refractivity contribution in [3.8, 4) is 0 Å². The Labute approximate surface area is 90.1 Å². The van der Waals surface area contributed by atoms with E-state index in [2.05, 4.69) is 5.32 Å². The summed E-state index contributed by atoms with van der Waals surface area (Å²) in [5, 5.41) is 2.81. The maximum absolute atomic E-state index is 11.4. The second kappa shape index (κ2) is 4.79. The molecule has 0 aliphatic rings. The maximum atomic E-state index is 11.4. The summed E-state index contributed by atoms with van der Waals surface area (Å²) in [5.41, 5.74) is 8.43. The van der Waals surface area contributed by atoms with Crippen LogP contribution in [0.25, 0.3) is 0 Å². The highest BCUT2D eigenvalue weighted by molar-refractivity contribution is 5.89. The van der Waals surface area contributed by atoms with Gasteiger partial charge in [0.1, 0.15) is 0 Å². The third-order valence-electron chi connectivity index (χ3n) is 2.17. The van der Waals surface area contributed by atoms with Gasteiger partial charge in [-0.2, -0.15) is 0 Å². The standard InChI is InChI=1S/C11H17N3O/c1-8-6-9(7-12)4-5-10(8)13-11(15)14(2)3/h4-6H,7,12H2,1-3H3,(H,13,15). The monoisotopic (exact) mass is 207 g/mol. The van der Waals surface area contributed by atoms with Gasteiger partial charge in [0.25, 0.3) is 0 Å². The van der Waals surface area contributed by atoms with Gasteiger partial charge in [0.2, 0.25) is 0 Å². The molecule has 0 spiro atoms. The molecule has 0 atom stereocenters. The number of hydrogen-bond acceptors (Lipinski definition) is 2. The van der Waals surface area contributed by atoms with Gasteiger partial charge >= 0.3 is 6.03 Å². The number of carbonyl (C=O) groups is 1. The van der Waals surface area contributed by atoms with Gasteiger partial charge in [-0.15, -0.1) is 0 Å². The number of benzene rings is 1. The van der Waals surface area contributed by atoms with E-state index < -0.39 is 0 Å². The van der Waals surface area contributed by atoms with E-state index in [0.717, 1.165) is 16.8 Å². The molecular formula is C11H17N3O. The zero-order chi connectivity index (χ0) is 11.4. The molecular weight excluding hydrogens is 190 g/mol. The first-order valence-electron chi connectivity index (χ1n) is 4.82. The van der Waals surface area contributed by atoms with Crippen LogP contribution in [0.5, 0.6) is 0 Å². The SMILES string of the molecule is Cc1cc(CN)ccc1NC(=O)N(C)C. The predicted octanol–water partition coefficient (Wildman–Crippen LogP) is 1.55. The van der Waals surface area contributed by atoms with Crippen molar-refractivity contribution in [3.05, 3.63) is 29.3 Å². The summed E-state index contributed by atoms with van der Waals surface area (Å²) in [7, 11) is 3.41. The second-order valence-corrected chi connectivity index (χ2v) is 3.68. The first-order valence-corrected chi connectivity index (χ1v) is 4.82. The Kier molecular flexibility index (Phi) is 3.68. The minimum Gasteiger partial charge on any atom is -0.331 e. The van der Waals surface area contributed by atoms with Crippen molar-refractivity contribution in [2.75, 3.05) is 19.4 Å². The fourth-order valence-electron chi connectivity index (χ4n) is 1.22. The number of rotatable bonds is 2. The van der Waals surface area contributed by atoms with Crippen LogP contribution >= 0.6 is 0 Å². The van der Waals surface area contributed by atoms with E-state index in [1.165, 1.54) is 4.90 Å². The van der Waals surface area contributed by atoms with Crippen molar-refractivity contribution in [3.63, 3.8) is 0 Å². The van der Waals surface area contributed by atoms with Crippen LogP contribution < -0.4 is 11.1 Å². The van der Waals surface area contributed by atoms with E-state index >= 15 is 0 Å². The Morgan fingerprint density at radius 1 is 1.47 bits per heavy atom. The van der Waals surface area contributed by atoms with Crippen LogP contribution in [-0.2, 0) is 6.54 Å². The quantitative estimate of drug-likeness (QED) is 0.773. The zero-order valence-electron chi connectivity index (χ0n) is 9.37. The highest BCUT2D eigenvalue weighted by Gasteiger charge is 2.05. The fraction of sp³-hybridized carbons (Fsp3) is 0.364. The summed E-state index contributed by atoms with van der Waals surface area (Å²) < 4.78 is 0. The van der Waals surface area contributed by atoms with Crippen LogP contribution in [0.1, 0.15) is 11.1 Å². The molecule has 15 heavy (non-hydrogen) atoms. The van der Waals surface area contributed by atoms with Crippen LogP contribution in [0.15, 0.2) is 18.2 Å². The molecule has 0 saturated heterocycles. The number of urea groups is 1. The lowest BCUT2D eigenvalue weighted by Gasteiger charge is -2.14. The summed E-state index contributed by atoms with van der Waals surface area (Å²) in [5.74, 6) is 0. The molecule has 0 heterocycles. The smallest absolute Gasteiger partial charge is 0.321 e. The first-order chi connectivity index (χ1) is 7.04. The van der Waals surface area contributed by atoms with E-state index in [-0.39, 0.29) is 6.03 Å². The molecule has 1 aromatic carbocycles. The van der Waals surface area contributed by atoms with Crippen molar-refractivity contribution >= 4 is 11.7 Å². The number of nitrogens with one attached hydrogen (secondary N) is 1. The van der Waals surface area contributed by atoms with Crippen molar-refractivity contribution in [2.45, 2.75) is 13.5 Å². The Balaban J connectivity index is 2.83. The Hall–Kier alpha value is -1.55. The molecule has 1 aromatic rings. The maximum Gasteiger partial charge on any atom is 0.321 e. The lowest BCUT2D eigenvalue weighted by Crippen LogP contribution is -2.27. The van der Waals surface area contributed by atoms with Gasteiger partial charge in [0, 0.05) is 26.3 Å². The molecule has 0 aromatic heterocycles. The molecule has 3 N–H and O–H groups in total. The summed E-state index contributed by atoms with van der Waals surface area (Å²) in [6.07, 6.45) is 0. The van der Waals surface area contributed by atoms with Gasteiger partial charge in [-0.1, -0.05) is 12.1 Å². The highest BCUT2D eigenvalue weighted by Crippen LogP contribution is 2.16. The van der Waals surface area contributed by atoms with E-state index in [1.54, 1.807) is 14.1 Å². The number of carbonyl (C=O) groups excluding carboxylic acids is 1. The largest absolute Gasteiger partial charge is 0.331 e. The molecule has 0 aliphatic heterocycles. The fourth-order valence-corrected chi connectivity index (χ4v) is 1.22. The van der Waals surface area contributed by atoms with E-state index in [4.69, 9.17) is 5.73 Å². The van der Waals surface area contributed by atoms with Crippen LogP contribution in [0.2, 0.25) is 0 Å². The highest BCUT2D eigenvalue weighted by atomic mass is 16.2. The lowest BCUT2D eigenvalue weighted by molar-refractivity contribution is 0.230. The van der Waals surface area contributed by atoms with Crippen LogP contribution in [0.4, 0.5) is 10.5 Å². The Morgan fingerprint density at radius 2 is 2.13 bits per heavy atom. The second-order valence-electron chi connectivity index (χ2n) is 3.68. The normalized spacial score (nSPS) is 9.87. The first kappa shape index (κ1) is 11.5. The molecule has 4 nitrogen and oxygen atoms in total. The molecule has 2 amide bonds. The average molecular weight is 207 g/mol. The lowest BCUT2D eigenvalue weighted by atomic mass is 10.1. The van der Waals surface area contributed by atoms with E-state index in [9.17, 15) is 4.79 Å². The number of nitrogens with zero attached hydrogens (tertiary/aromatic N) is 1. The summed E-state index contributed by atoms with van der Waals surface area (Å²) >= 11 is 0. The van der Waals surface area contributed by atoms with Crippen molar-refractivity contribution in [2.24, 2.45) is 5.73 Å². The van der Waals surface area contributed by atoms with Gasteiger partial charge in [-0.05, 0) is 24.1 Å². The number of anilines is 1. The number of nitrogens with two attached hydrogens (primary N) is 1. The molecule has 0 aliphatic carbocycles. The van der Waals surface area contributed by atoms with Crippen LogP contribution in [0.3, 0.4) is 0 Å². The number of hydrogen-bond donors (Lipinski definition) is 2. The minimum atomic E-state index is -0.126. The van der Waals surface area contributed by atoms with Crippen molar-refractivity contribution < 1.29 is 4.79 Å². The molecule has 0 radical (unpaired) electrons. The third-order valence-corrected chi connectivity index (χ3v) is 2.17. The number of amides is 2. The van der Waals surface area contributed by atoms with Crippen LogP contribution in [0, 0.1) is 6.92 Å². The summed E-state index contributed by atoms with van der Waals surface area (Å²) in [4.78, 5) is 12.9. The molecule has 1 rings (SSSR count). The third kappa shape index (κ3) is 2.95. The molecule has 0 bridgehead atoms. The van der Waals surface area contributed by atoms with Crippen LogP contribution in [-0.4, -0.2) is 25.0 Å². The Bertz CT molecular complexity index is 361. The summed E-state index contributed by atoms with van der Waals surface area (Å²) in [6, 6.07) is 5.64. The topological polar surface area (TPSA) is 58.4 Å². The molecule has 4 heteroatoms. The molecule has 0 unspecified atom stereocenters. The predicted molar refractivity (Wildman–Crippen MR) is 61.8 cm³/mol. The molecule has 0 fully saturated rings. The van der Waals surface area contributed by atoms with Crippen molar-refractivity contribution in [1.82, 2.24) is 4.90 Å². The molecule has 0 saturated carbocycles. The van der Waals surface area contributed by atoms with Gasteiger partial charge in [0.15, 0.2) is 0 Å². The van der Waals surface area contributed by atoms with E-state index in [1.807, 2.05) is 25.1 Å². The van der Waals surface area contributed by atoms with Gasteiger partial charge in [0.05, 0.1) is 0 Å². The van der Waals surface area contributed by atoms with Gasteiger partial charge in [-0.3, -0.25) is 0 Å². The van der Waals surface area contributed by atoms with Gasteiger partial charge in [-0.25, -0.2) is 4.79 Å².